The van der Waals surface area contributed by atoms with E-state index in [1.54, 1.807) is 17.4 Å². The molecule has 2 aromatic rings. The van der Waals surface area contributed by atoms with Crippen LogP contribution in [0.25, 0.3) is 0 Å². The lowest BCUT2D eigenvalue weighted by molar-refractivity contribution is 0.670. The number of nitrogens with zero attached hydrogens (tertiary/aromatic N) is 1. The minimum atomic E-state index is 0.0766. The van der Waals surface area contributed by atoms with Gasteiger partial charge < -0.3 is 5.73 Å². The summed E-state index contributed by atoms with van der Waals surface area (Å²) in [6.07, 6.45) is 3.49. The standard InChI is InChI=1S/C12H12Cl2N2S/c13-11-2-1-8(4-12(11)14)3-9(15)5-10-6-16-7-17-10/h1-2,4,6-7,9H,3,5,15H2. The van der Waals surface area contributed by atoms with Gasteiger partial charge in [0.2, 0.25) is 0 Å². The van der Waals surface area contributed by atoms with Gasteiger partial charge >= 0.3 is 0 Å². The van der Waals surface area contributed by atoms with Crippen molar-refractivity contribution < 1.29 is 0 Å². The van der Waals surface area contributed by atoms with E-state index >= 15 is 0 Å². The topological polar surface area (TPSA) is 38.9 Å². The average molecular weight is 287 g/mol. The Morgan fingerprint density at radius 2 is 2.06 bits per heavy atom. The second-order valence-corrected chi connectivity index (χ2v) is 5.67. The molecule has 17 heavy (non-hydrogen) atoms. The zero-order valence-electron chi connectivity index (χ0n) is 9.07. The molecular formula is C12H12Cl2N2S. The molecule has 2 rings (SSSR count). The second kappa shape index (κ2) is 5.83. The maximum absolute atomic E-state index is 6.09. The monoisotopic (exact) mass is 286 g/mol. The maximum Gasteiger partial charge on any atom is 0.0794 e. The highest BCUT2D eigenvalue weighted by atomic mass is 35.5. The van der Waals surface area contributed by atoms with Gasteiger partial charge in [-0.3, -0.25) is 4.98 Å². The first-order chi connectivity index (χ1) is 8.15. The molecule has 0 aliphatic heterocycles. The fraction of sp³-hybridized carbons (Fsp3) is 0.250. The van der Waals surface area contributed by atoms with Crippen molar-refractivity contribution in [2.45, 2.75) is 18.9 Å². The van der Waals surface area contributed by atoms with Crippen LogP contribution in [0.15, 0.2) is 29.9 Å². The van der Waals surface area contributed by atoms with Crippen LogP contribution in [-0.2, 0) is 12.8 Å². The van der Waals surface area contributed by atoms with Crippen molar-refractivity contribution >= 4 is 34.5 Å². The smallest absolute Gasteiger partial charge is 0.0794 e. The highest BCUT2D eigenvalue weighted by Gasteiger charge is 2.08. The molecule has 0 spiro atoms. The molecule has 1 aromatic carbocycles. The highest BCUT2D eigenvalue weighted by Crippen LogP contribution is 2.23. The van der Waals surface area contributed by atoms with Crippen molar-refractivity contribution in [1.29, 1.82) is 0 Å². The molecule has 0 aliphatic carbocycles. The molecule has 0 bridgehead atoms. The van der Waals surface area contributed by atoms with Crippen molar-refractivity contribution in [2.75, 3.05) is 0 Å². The van der Waals surface area contributed by atoms with Gasteiger partial charge in [0.15, 0.2) is 0 Å². The Hall–Kier alpha value is -0.610. The summed E-state index contributed by atoms with van der Waals surface area (Å²) in [6.45, 7) is 0. The minimum absolute atomic E-state index is 0.0766. The number of aromatic nitrogens is 1. The van der Waals surface area contributed by atoms with E-state index in [-0.39, 0.29) is 6.04 Å². The van der Waals surface area contributed by atoms with Gasteiger partial charge in [-0.05, 0) is 30.5 Å². The van der Waals surface area contributed by atoms with E-state index in [1.807, 2.05) is 23.8 Å². The van der Waals surface area contributed by atoms with Crippen LogP contribution in [-0.4, -0.2) is 11.0 Å². The Morgan fingerprint density at radius 1 is 1.24 bits per heavy atom. The molecule has 0 saturated heterocycles. The Kier molecular flexibility index (Phi) is 4.40. The summed E-state index contributed by atoms with van der Waals surface area (Å²) in [5, 5.41) is 1.15. The number of thiazole rings is 1. The van der Waals surface area contributed by atoms with Crippen molar-refractivity contribution in [1.82, 2.24) is 4.98 Å². The zero-order valence-corrected chi connectivity index (χ0v) is 11.4. The van der Waals surface area contributed by atoms with Crippen molar-refractivity contribution in [3.8, 4) is 0 Å². The average Bonchev–Trinajstić information content (AvgIpc) is 2.76. The van der Waals surface area contributed by atoms with Gasteiger partial charge in [0.1, 0.15) is 0 Å². The van der Waals surface area contributed by atoms with Crippen LogP contribution in [0.1, 0.15) is 10.4 Å². The van der Waals surface area contributed by atoms with Crippen LogP contribution in [0, 0.1) is 0 Å². The number of halogens is 2. The van der Waals surface area contributed by atoms with Crippen LogP contribution in [0.3, 0.4) is 0 Å². The molecule has 1 atom stereocenters. The molecule has 0 saturated carbocycles. The Labute approximate surface area is 114 Å². The maximum atomic E-state index is 6.09. The zero-order chi connectivity index (χ0) is 12.3. The molecule has 1 aromatic heterocycles. The van der Waals surface area contributed by atoms with Gasteiger partial charge in [0.05, 0.1) is 15.6 Å². The second-order valence-electron chi connectivity index (χ2n) is 3.88. The van der Waals surface area contributed by atoms with E-state index in [4.69, 9.17) is 28.9 Å². The fourth-order valence-electron chi connectivity index (χ4n) is 1.64. The Morgan fingerprint density at radius 3 is 2.71 bits per heavy atom. The highest BCUT2D eigenvalue weighted by molar-refractivity contribution is 7.09. The predicted molar refractivity (Wildman–Crippen MR) is 74.0 cm³/mol. The first kappa shape index (κ1) is 12.8. The molecule has 0 amide bonds. The van der Waals surface area contributed by atoms with E-state index in [1.165, 1.54) is 4.88 Å². The molecule has 90 valence electrons. The third-order valence-corrected chi connectivity index (χ3v) is 3.97. The van der Waals surface area contributed by atoms with Gasteiger partial charge in [0.25, 0.3) is 0 Å². The van der Waals surface area contributed by atoms with Crippen LogP contribution in [0.4, 0.5) is 0 Å². The molecule has 1 heterocycles. The summed E-state index contributed by atoms with van der Waals surface area (Å²) >= 11 is 13.5. The van der Waals surface area contributed by atoms with Gasteiger partial charge in [-0.1, -0.05) is 29.3 Å². The molecule has 1 unspecified atom stereocenters. The van der Waals surface area contributed by atoms with Gasteiger partial charge in [-0.25, -0.2) is 0 Å². The van der Waals surface area contributed by atoms with E-state index < -0.39 is 0 Å². The number of benzene rings is 1. The van der Waals surface area contributed by atoms with E-state index in [2.05, 4.69) is 4.98 Å². The third kappa shape index (κ3) is 3.68. The molecule has 2 N–H and O–H groups in total. The lowest BCUT2D eigenvalue weighted by atomic mass is 10.0. The molecule has 0 radical (unpaired) electrons. The van der Waals surface area contributed by atoms with Crippen molar-refractivity contribution in [3.63, 3.8) is 0 Å². The number of nitrogens with two attached hydrogens (primary N) is 1. The summed E-state index contributed by atoms with van der Waals surface area (Å²) in [5.74, 6) is 0. The Balaban J connectivity index is 1.98. The van der Waals surface area contributed by atoms with Crippen LogP contribution < -0.4 is 5.73 Å². The molecule has 2 nitrogen and oxygen atoms in total. The van der Waals surface area contributed by atoms with E-state index in [0.29, 0.717) is 10.0 Å². The summed E-state index contributed by atoms with van der Waals surface area (Å²) in [7, 11) is 0. The lowest BCUT2D eigenvalue weighted by Gasteiger charge is -2.10. The summed E-state index contributed by atoms with van der Waals surface area (Å²) in [4.78, 5) is 5.24. The minimum Gasteiger partial charge on any atom is -0.327 e. The Bertz CT molecular complexity index is 485. The first-order valence-electron chi connectivity index (χ1n) is 5.22. The van der Waals surface area contributed by atoms with Crippen LogP contribution in [0.5, 0.6) is 0 Å². The van der Waals surface area contributed by atoms with E-state index in [0.717, 1.165) is 18.4 Å². The quantitative estimate of drug-likeness (QED) is 0.933. The summed E-state index contributed by atoms with van der Waals surface area (Å²) in [5.41, 5.74) is 9.02. The predicted octanol–water partition coefficient (Wildman–Crippen LogP) is 3.56. The van der Waals surface area contributed by atoms with Crippen molar-refractivity contribution in [2.24, 2.45) is 5.73 Å². The summed E-state index contributed by atoms with van der Waals surface area (Å²) < 4.78 is 0. The lowest BCUT2D eigenvalue weighted by Crippen LogP contribution is -2.25. The van der Waals surface area contributed by atoms with Gasteiger partial charge in [-0.15, -0.1) is 11.3 Å². The van der Waals surface area contributed by atoms with Gasteiger partial charge in [0, 0.05) is 17.1 Å². The largest absolute Gasteiger partial charge is 0.327 e. The molecular weight excluding hydrogens is 275 g/mol. The third-order valence-electron chi connectivity index (χ3n) is 2.43. The number of rotatable bonds is 4. The SMILES string of the molecule is NC(Cc1ccc(Cl)c(Cl)c1)Cc1cncs1. The molecule has 0 fully saturated rings. The number of hydrogen-bond acceptors (Lipinski definition) is 3. The van der Waals surface area contributed by atoms with Crippen molar-refractivity contribution in [3.05, 3.63) is 50.4 Å². The summed E-state index contributed by atoms with van der Waals surface area (Å²) in [6, 6.07) is 5.71. The normalized spacial score (nSPS) is 12.6. The van der Waals surface area contributed by atoms with Crippen LogP contribution >= 0.6 is 34.5 Å². The van der Waals surface area contributed by atoms with Gasteiger partial charge in [-0.2, -0.15) is 0 Å². The molecule has 0 aliphatic rings. The number of hydrogen-bond donors (Lipinski definition) is 1. The van der Waals surface area contributed by atoms with Crippen LogP contribution in [0.2, 0.25) is 10.0 Å². The fourth-order valence-corrected chi connectivity index (χ4v) is 2.65. The first-order valence-corrected chi connectivity index (χ1v) is 6.85. The van der Waals surface area contributed by atoms with E-state index in [9.17, 15) is 0 Å². The molecule has 5 heteroatoms.